The molecule has 0 aliphatic carbocycles. The summed E-state index contributed by atoms with van der Waals surface area (Å²) in [5.41, 5.74) is 8.65. The second-order valence-corrected chi connectivity index (χ2v) is 5.15. The summed E-state index contributed by atoms with van der Waals surface area (Å²) < 4.78 is 4.86. The van der Waals surface area contributed by atoms with E-state index >= 15 is 0 Å². The molecule has 2 unspecified atom stereocenters. The summed E-state index contributed by atoms with van der Waals surface area (Å²) in [4.78, 5) is 0. The van der Waals surface area contributed by atoms with Crippen molar-refractivity contribution in [1.82, 2.24) is 5.32 Å². The summed E-state index contributed by atoms with van der Waals surface area (Å²) in [6, 6.07) is 15.2. The van der Waals surface area contributed by atoms with Crippen LogP contribution in [-0.4, -0.2) is 25.1 Å². The van der Waals surface area contributed by atoms with Gasteiger partial charge in [-0.05, 0) is 23.3 Å². The van der Waals surface area contributed by atoms with Crippen LogP contribution in [0.1, 0.15) is 17.2 Å². The normalized spacial score (nSPS) is 13.9. The lowest BCUT2D eigenvalue weighted by molar-refractivity contribution is -0.0716. The number of aliphatic hydroxyl groups is 1. The summed E-state index contributed by atoms with van der Waals surface area (Å²) >= 11 is 5.96. The highest BCUT2D eigenvalue weighted by molar-refractivity contribution is 6.30. The van der Waals surface area contributed by atoms with Crippen molar-refractivity contribution in [2.24, 2.45) is 0 Å². The van der Waals surface area contributed by atoms with Gasteiger partial charge in [0.25, 0.3) is 0 Å². The number of rotatable bonds is 6. The van der Waals surface area contributed by atoms with E-state index in [1.807, 2.05) is 36.4 Å². The molecule has 0 fully saturated rings. The van der Waals surface area contributed by atoms with Gasteiger partial charge < -0.3 is 20.9 Å². The minimum atomic E-state index is -0.871. The third-order valence-electron chi connectivity index (χ3n) is 3.26. The molecular formula is C16H19ClN2O2. The lowest BCUT2D eigenvalue weighted by atomic mass is 9.97. The highest BCUT2D eigenvalue weighted by Gasteiger charge is 2.17. The van der Waals surface area contributed by atoms with Crippen molar-refractivity contribution in [2.45, 2.75) is 12.3 Å². The first kappa shape index (κ1) is 15.8. The monoisotopic (exact) mass is 306 g/mol. The molecule has 0 bridgehead atoms. The van der Waals surface area contributed by atoms with Gasteiger partial charge in [0.2, 0.25) is 0 Å². The Morgan fingerprint density at radius 3 is 2.57 bits per heavy atom. The van der Waals surface area contributed by atoms with E-state index in [9.17, 15) is 5.11 Å². The Bertz CT molecular complexity index is 578. The minimum Gasteiger partial charge on any atom is -0.398 e. The zero-order valence-corrected chi connectivity index (χ0v) is 12.5. The van der Waals surface area contributed by atoms with Crippen LogP contribution in [0.2, 0.25) is 5.02 Å². The third kappa shape index (κ3) is 4.19. The fraction of sp³-hybridized carbons (Fsp3) is 0.250. The Morgan fingerprint density at radius 1 is 1.24 bits per heavy atom. The number of nitrogens with two attached hydrogens (primary N) is 1. The van der Waals surface area contributed by atoms with Gasteiger partial charge in [0.05, 0.1) is 6.04 Å². The molecule has 0 aliphatic heterocycles. The predicted molar refractivity (Wildman–Crippen MR) is 85.2 cm³/mol. The van der Waals surface area contributed by atoms with E-state index in [0.717, 1.165) is 11.1 Å². The Kier molecular flexibility index (Phi) is 5.59. The maximum absolute atomic E-state index is 9.58. The molecule has 0 aliphatic rings. The number of ether oxygens (including phenoxy) is 1. The summed E-state index contributed by atoms with van der Waals surface area (Å²) in [6.45, 7) is 0.290. The zero-order valence-electron chi connectivity index (χ0n) is 11.8. The molecule has 0 radical (unpaired) electrons. The first-order valence-corrected chi connectivity index (χ1v) is 7.03. The fourth-order valence-corrected chi connectivity index (χ4v) is 2.34. The summed E-state index contributed by atoms with van der Waals surface area (Å²) in [6.07, 6.45) is -0.871. The first-order valence-electron chi connectivity index (χ1n) is 6.66. The van der Waals surface area contributed by atoms with Crippen molar-refractivity contribution in [2.75, 3.05) is 19.4 Å². The molecule has 112 valence electrons. The molecule has 4 nitrogen and oxygen atoms in total. The second-order valence-electron chi connectivity index (χ2n) is 4.72. The number of hydrogen-bond donors (Lipinski definition) is 3. The van der Waals surface area contributed by atoms with Crippen molar-refractivity contribution in [1.29, 1.82) is 0 Å². The van der Waals surface area contributed by atoms with Crippen LogP contribution in [0.15, 0.2) is 48.5 Å². The molecule has 5 heteroatoms. The van der Waals surface area contributed by atoms with Gasteiger partial charge in [-0.15, -0.1) is 0 Å². The van der Waals surface area contributed by atoms with Crippen LogP contribution < -0.4 is 11.1 Å². The van der Waals surface area contributed by atoms with Crippen LogP contribution in [0, 0.1) is 0 Å². The third-order valence-corrected chi connectivity index (χ3v) is 3.50. The second kappa shape index (κ2) is 7.43. The average Bonchev–Trinajstić information content (AvgIpc) is 2.50. The molecule has 2 aromatic carbocycles. The number of halogens is 1. The SMILES string of the molecule is COC(O)CNC(c1ccccc1)c1ccc(Cl)cc1N. The van der Waals surface area contributed by atoms with E-state index in [0.29, 0.717) is 10.7 Å². The first-order chi connectivity index (χ1) is 10.1. The van der Waals surface area contributed by atoms with Crippen LogP contribution in [0.5, 0.6) is 0 Å². The lowest BCUT2D eigenvalue weighted by Crippen LogP contribution is -2.32. The van der Waals surface area contributed by atoms with Gasteiger partial charge in [0.15, 0.2) is 6.29 Å². The number of anilines is 1. The molecule has 21 heavy (non-hydrogen) atoms. The highest BCUT2D eigenvalue weighted by Crippen LogP contribution is 2.28. The van der Waals surface area contributed by atoms with Gasteiger partial charge in [-0.25, -0.2) is 0 Å². The van der Waals surface area contributed by atoms with Crippen LogP contribution in [-0.2, 0) is 4.74 Å². The maximum Gasteiger partial charge on any atom is 0.166 e. The summed E-state index contributed by atoms with van der Waals surface area (Å²) in [7, 11) is 1.46. The van der Waals surface area contributed by atoms with E-state index in [-0.39, 0.29) is 12.6 Å². The molecule has 0 saturated carbocycles. The number of methoxy groups -OCH3 is 1. The van der Waals surface area contributed by atoms with E-state index in [4.69, 9.17) is 22.1 Å². The van der Waals surface area contributed by atoms with Crippen LogP contribution in [0.25, 0.3) is 0 Å². The van der Waals surface area contributed by atoms with Crippen LogP contribution >= 0.6 is 11.6 Å². The van der Waals surface area contributed by atoms with E-state index in [1.54, 1.807) is 12.1 Å². The van der Waals surface area contributed by atoms with Gasteiger partial charge in [-0.2, -0.15) is 0 Å². The largest absolute Gasteiger partial charge is 0.398 e. The Balaban J connectivity index is 2.31. The summed E-state index contributed by atoms with van der Waals surface area (Å²) in [5.74, 6) is 0. The van der Waals surface area contributed by atoms with Gasteiger partial charge >= 0.3 is 0 Å². The lowest BCUT2D eigenvalue weighted by Gasteiger charge is -2.22. The van der Waals surface area contributed by atoms with Gasteiger partial charge in [-0.1, -0.05) is 48.0 Å². The fourth-order valence-electron chi connectivity index (χ4n) is 2.16. The molecule has 2 aromatic rings. The topological polar surface area (TPSA) is 67.5 Å². The van der Waals surface area contributed by atoms with Crippen molar-refractivity contribution >= 4 is 17.3 Å². The van der Waals surface area contributed by atoms with E-state index < -0.39 is 6.29 Å². The van der Waals surface area contributed by atoms with Crippen molar-refractivity contribution in [3.05, 3.63) is 64.7 Å². The summed E-state index contributed by atoms with van der Waals surface area (Å²) in [5, 5.41) is 13.4. The molecular weight excluding hydrogens is 288 g/mol. The van der Waals surface area contributed by atoms with Crippen molar-refractivity contribution < 1.29 is 9.84 Å². The van der Waals surface area contributed by atoms with Gasteiger partial charge in [0, 0.05) is 24.4 Å². The number of nitrogen functional groups attached to an aromatic ring is 1. The minimum absolute atomic E-state index is 0.145. The van der Waals surface area contributed by atoms with Gasteiger partial charge in [0.1, 0.15) is 0 Å². The molecule has 0 heterocycles. The van der Waals surface area contributed by atoms with Crippen molar-refractivity contribution in [3.63, 3.8) is 0 Å². The van der Waals surface area contributed by atoms with Crippen molar-refractivity contribution in [3.8, 4) is 0 Å². The smallest absolute Gasteiger partial charge is 0.166 e. The van der Waals surface area contributed by atoms with Crippen LogP contribution in [0.3, 0.4) is 0 Å². The number of benzene rings is 2. The molecule has 2 atom stereocenters. The molecule has 2 rings (SSSR count). The number of nitrogens with one attached hydrogen (secondary N) is 1. The molecule has 0 spiro atoms. The Hall–Kier alpha value is -1.59. The standard InChI is InChI=1S/C16H19ClN2O2/c1-21-15(20)10-19-16(11-5-3-2-4-6-11)13-8-7-12(17)9-14(13)18/h2-9,15-16,19-20H,10,18H2,1H3. The van der Waals surface area contributed by atoms with E-state index in [1.165, 1.54) is 7.11 Å². The molecule has 4 N–H and O–H groups in total. The van der Waals surface area contributed by atoms with E-state index in [2.05, 4.69) is 5.32 Å². The number of aliphatic hydroxyl groups excluding tert-OH is 1. The Labute approximate surface area is 129 Å². The molecule has 0 aromatic heterocycles. The highest BCUT2D eigenvalue weighted by atomic mass is 35.5. The Morgan fingerprint density at radius 2 is 1.95 bits per heavy atom. The van der Waals surface area contributed by atoms with Gasteiger partial charge in [-0.3, -0.25) is 0 Å². The molecule has 0 amide bonds. The number of hydrogen-bond acceptors (Lipinski definition) is 4. The predicted octanol–water partition coefficient (Wildman–Crippen LogP) is 2.57. The van der Waals surface area contributed by atoms with Crippen LogP contribution in [0.4, 0.5) is 5.69 Å². The zero-order chi connectivity index (χ0) is 15.2. The maximum atomic E-state index is 9.58. The quantitative estimate of drug-likeness (QED) is 0.567. The average molecular weight is 307 g/mol. The molecule has 0 saturated heterocycles.